The van der Waals surface area contributed by atoms with Crippen LogP contribution in [0.5, 0.6) is 5.75 Å². The van der Waals surface area contributed by atoms with E-state index in [0.29, 0.717) is 5.69 Å². The number of benzene rings is 2. The number of rotatable bonds is 5. The maximum Gasteiger partial charge on any atom is 0.292 e. The summed E-state index contributed by atoms with van der Waals surface area (Å²) in [5.74, 6) is 0.742. The molecule has 6 heteroatoms. The highest BCUT2D eigenvalue weighted by Crippen LogP contribution is 2.30. The van der Waals surface area contributed by atoms with Gasteiger partial charge in [0.15, 0.2) is 0 Å². The number of anilines is 2. The van der Waals surface area contributed by atoms with Gasteiger partial charge in [0.05, 0.1) is 12.0 Å². The lowest BCUT2D eigenvalue weighted by atomic mass is 10.2. The molecule has 0 atom stereocenters. The van der Waals surface area contributed by atoms with Gasteiger partial charge in [-0.3, -0.25) is 10.1 Å². The molecule has 0 aromatic heterocycles. The zero-order valence-electron chi connectivity index (χ0n) is 10.8. The second kappa shape index (κ2) is 6.56. The van der Waals surface area contributed by atoms with Gasteiger partial charge in [-0.25, -0.2) is 0 Å². The normalized spacial score (nSPS) is 10.1. The fraction of sp³-hybridized carbons (Fsp3) is 0.143. The molecular weight excluding hydrogens is 371 g/mol. The lowest BCUT2D eigenvalue weighted by Gasteiger charge is -2.09. The van der Waals surface area contributed by atoms with E-state index in [0.717, 1.165) is 21.4 Å². The summed E-state index contributed by atoms with van der Waals surface area (Å²) in [7, 11) is 1.59. The zero-order chi connectivity index (χ0) is 14.5. The smallest absolute Gasteiger partial charge is 0.292 e. The molecule has 0 aliphatic heterocycles. The van der Waals surface area contributed by atoms with Crippen LogP contribution in [0.15, 0.2) is 42.5 Å². The van der Waals surface area contributed by atoms with Crippen LogP contribution in [0.2, 0.25) is 0 Å². The van der Waals surface area contributed by atoms with E-state index in [1.807, 2.05) is 12.1 Å². The Labute approximate surface area is 130 Å². The van der Waals surface area contributed by atoms with Crippen LogP contribution in [0.25, 0.3) is 0 Å². The number of alkyl halides is 1. The van der Waals surface area contributed by atoms with Crippen molar-refractivity contribution in [3.8, 4) is 5.75 Å². The van der Waals surface area contributed by atoms with Crippen molar-refractivity contribution in [2.45, 2.75) is 4.43 Å². The number of nitro groups is 1. The maximum absolute atomic E-state index is 11.1. The van der Waals surface area contributed by atoms with Crippen LogP contribution in [-0.2, 0) is 4.43 Å². The summed E-state index contributed by atoms with van der Waals surface area (Å²) in [5, 5.41) is 14.1. The first-order valence-corrected chi connectivity index (χ1v) is 7.41. The third kappa shape index (κ3) is 3.38. The highest BCUT2D eigenvalue weighted by atomic mass is 127. The molecule has 0 fully saturated rings. The number of nitrogens with one attached hydrogen (secondary N) is 1. The fourth-order valence-corrected chi connectivity index (χ4v) is 2.23. The van der Waals surface area contributed by atoms with Crippen molar-refractivity contribution >= 4 is 39.7 Å². The van der Waals surface area contributed by atoms with E-state index in [-0.39, 0.29) is 10.6 Å². The van der Waals surface area contributed by atoms with Crippen molar-refractivity contribution in [1.82, 2.24) is 0 Å². The third-order valence-electron chi connectivity index (χ3n) is 2.78. The molecule has 2 rings (SSSR count). The molecule has 104 valence electrons. The summed E-state index contributed by atoms with van der Waals surface area (Å²) < 4.78 is 5.88. The molecule has 2 aromatic carbocycles. The first-order valence-electron chi connectivity index (χ1n) is 5.88. The van der Waals surface area contributed by atoms with Gasteiger partial charge in [0.25, 0.3) is 5.69 Å². The van der Waals surface area contributed by atoms with Crippen LogP contribution < -0.4 is 10.1 Å². The van der Waals surface area contributed by atoms with Gasteiger partial charge in [0.2, 0.25) is 0 Å². The minimum Gasteiger partial charge on any atom is -0.497 e. The van der Waals surface area contributed by atoms with Gasteiger partial charge in [0, 0.05) is 16.2 Å². The summed E-state index contributed by atoms with van der Waals surface area (Å²) in [6.07, 6.45) is 0. The fourth-order valence-electron chi connectivity index (χ4n) is 1.76. The average Bonchev–Trinajstić information content (AvgIpc) is 2.47. The van der Waals surface area contributed by atoms with Crippen LogP contribution in [-0.4, -0.2) is 12.0 Å². The van der Waals surface area contributed by atoms with Crippen molar-refractivity contribution in [1.29, 1.82) is 0 Å². The van der Waals surface area contributed by atoms with E-state index in [1.54, 1.807) is 31.4 Å². The summed E-state index contributed by atoms with van der Waals surface area (Å²) in [5.41, 5.74) is 2.37. The van der Waals surface area contributed by atoms with Crippen molar-refractivity contribution in [3.63, 3.8) is 0 Å². The van der Waals surface area contributed by atoms with Crippen molar-refractivity contribution in [2.75, 3.05) is 12.4 Å². The molecule has 0 saturated carbocycles. The van der Waals surface area contributed by atoms with Crippen LogP contribution in [0.3, 0.4) is 0 Å². The summed E-state index contributed by atoms with van der Waals surface area (Å²) in [6.45, 7) is 0. The van der Waals surface area contributed by atoms with E-state index in [1.165, 1.54) is 6.07 Å². The quantitative estimate of drug-likeness (QED) is 0.362. The highest BCUT2D eigenvalue weighted by Gasteiger charge is 2.14. The Morgan fingerprint density at radius 1 is 1.25 bits per heavy atom. The largest absolute Gasteiger partial charge is 0.497 e. The third-order valence-corrected chi connectivity index (χ3v) is 3.66. The van der Waals surface area contributed by atoms with Gasteiger partial charge in [-0.2, -0.15) is 0 Å². The molecule has 0 aliphatic rings. The maximum atomic E-state index is 11.1. The molecule has 0 bridgehead atoms. The first-order chi connectivity index (χ1) is 9.63. The van der Waals surface area contributed by atoms with Crippen LogP contribution in [0.1, 0.15) is 5.56 Å². The van der Waals surface area contributed by atoms with E-state index in [4.69, 9.17) is 4.74 Å². The number of nitro benzene ring substituents is 1. The zero-order valence-corrected chi connectivity index (χ0v) is 13.0. The predicted molar refractivity (Wildman–Crippen MR) is 87.1 cm³/mol. The predicted octanol–water partition coefficient (Wildman–Crippen LogP) is 4.28. The Balaban J connectivity index is 2.32. The highest BCUT2D eigenvalue weighted by molar-refractivity contribution is 14.1. The molecule has 1 N–H and O–H groups in total. The van der Waals surface area contributed by atoms with Crippen LogP contribution in [0, 0.1) is 10.1 Å². The Morgan fingerprint density at radius 3 is 2.50 bits per heavy atom. The summed E-state index contributed by atoms with van der Waals surface area (Å²) >= 11 is 2.23. The Morgan fingerprint density at radius 2 is 1.95 bits per heavy atom. The molecule has 0 amide bonds. The first kappa shape index (κ1) is 14.6. The number of hydrogen-bond donors (Lipinski definition) is 1. The lowest BCUT2D eigenvalue weighted by molar-refractivity contribution is -0.383. The molecular formula is C14H13IN2O3. The number of nitrogens with zero attached hydrogens (tertiary/aromatic N) is 1. The standard InChI is InChI=1S/C14H13IN2O3/c1-20-12-5-3-11(4-6-12)16-13-8-10(9-15)2-7-14(13)17(18)19/h2-8,16H,9H2,1H3. The molecule has 0 heterocycles. The number of ether oxygens (including phenoxy) is 1. The number of methoxy groups -OCH3 is 1. The Hall–Kier alpha value is -1.83. The lowest BCUT2D eigenvalue weighted by Crippen LogP contribution is -1.98. The van der Waals surface area contributed by atoms with Gasteiger partial charge in [-0.1, -0.05) is 28.7 Å². The molecule has 0 aliphatic carbocycles. The van der Waals surface area contributed by atoms with E-state index < -0.39 is 0 Å². The molecule has 2 aromatic rings. The van der Waals surface area contributed by atoms with Gasteiger partial charge >= 0.3 is 0 Å². The van der Waals surface area contributed by atoms with Crippen molar-refractivity contribution in [3.05, 3.63) is 58.1 Å². The minimum absolute atomic E-state index is 0.0643. The Bertz CT molecular complexity index is 614. The molecule has 0 unspecified atom stereocenters. The van der Waals surface area contributed by atoms with Gasteiger partial charge in [-0.05, 0) is 35.9 Å². The van der Waals surface area contributed by atoms with E-state index in [9.17, 15) is 10.1 Å². The number of hydrogen-bond acceptors (Lipinski definition) is 4. The summed E-state index contributed by atoms with van der Waals surface area (Å²) in [4.78, 5) is 10.7. The molecule has 5 nitrogen and oxygen atoms in total. The van der Waals surface area contributed by atoms with E-state index in [2.05, 4.69) is 27.9 Å². The molecule has 0 spiro atoms. The van der Waals surface area contributed by atoms with Crippen LogP contribution in [0.4, 0.5) is 17.1 Å². The minimum atomic E-state index is -0.386. The second-order valence-electron chi connectivity index (χ2n) is 4.10. The van der Waals surface area contributed by atoms with Crippen LogP contribution >= 0.6 is 22.6 Å². The molecule has 20 heavy (non-hydrogen) atoms. The average molecular weight is 384 g/mol. The SMILES string of the molecule is COc1ccc(Nc2cc(CI)ccc2[N+](=O)[O-])cc1. The summed E-state index contributed by atoms with van der Waals surface area (Å²) in [6, 6.07) is 12.3. The number of halogens is 1. The van der Waals surface area contributed by atoms with E-state index >= 15 is 0 Å². The van der Waals surface area contributed by atoms with Crippen molar-refractivity contribution < 1.29 is 9.66 Å². The van der Waals surface area contributed by atoms with Gasteiger partial charge in [-0.15, -0.1) is 0 Å². The molecule has 0 radical (unpaired) electrons. The monoisotopic (exact) mass is 384 g/mol. The topological polar surface area (TPSA) is 64.4 Å². The Kier molecular flexibility index (Phi) is 4.78. The van der Waals surface area contributed by atoms with Gasteiger partial charge in [0.1, 0.15) is 11.4 Å². The second-order valence-corrected chi connectivity index (χ2v) is 4.86. The van der Waals surface area contributed by atoms with Gasteiger partial charge < -0.3 is 10.1 Å². The molecule has 0 saturated heterocycles. The van der Waals surface area contributed by atoms with Crippen molar-refractivity contribution in [2.24, 2.45) is 0 Å².